The molecule has 1 N–H and O–H groups in total. The number of amides is 1. The summed E-state index contributed by atoms with van der Waals surface area (Å²) in [7, 11) is -3.70. The van der Waals surface area contributed by atoms with Crippen molar-refractivity contribution in [1.82, 2.24) is 0 Å². The van der Waals surface area contributed by atoms with Crippen molar-refractivity contribution in [3.05, 3.63) is 87.9 Å². The van der Waals surface area contributed by atoms with Crippen molar-refractivity contribution in [2.75, 3.05) is 16.2 Å². The van der Waals surface area contributed by atoms with Crippen LogP contribution >= 0.6 is 23.2 Å². The Labute approximate surface area is 185 Å². The lowest BCUT2D eigenvalue weighted by Crippen LogP contribution is -2.35. The second kappa shape index (κ2) is 8.30. The van der Waals surface area contributed by atoms with E-state index in [9.17, 15) is 13.2 Å². The van der Waals surface area contributed by atoms with Gasteiger partial charge in [-0.15, -0.1) is 0 Å². The number of fused-ring (bicyclic) bond motifs is 1. The molecule has 154 valence electrons. The fraction of sp³-hybridized carbons (Fsp3) is 0.136. The number of para-hydroxylation sites is 1. The zero-order chi connectivity index (χ0) is 21.3. The summed E-state index contributed by atoms with van der Waals surface area (Å²) in [6, 6.07) is 18.2. The van der Waals surface area contributed by atoms with E-state index in [0.717, 1.165) is 24.1 Å². The first-order chi connectivity index (χ1) is 14.4. The molecule has 0 radical (unpaired) electrons. The normalized spacial score (nSPS) is 13.6. The minimum Gasteiger partial charge on any atom is -0.322 e. The summed E-state index contributed by atoms with van der Waals surface area (Å²) in [6.07, 6.45) is 1.63. The molecule has 0 aliphatic carbocycles. The number of sulfonamides is 1. The van der Waals surface area contributed by atoms with E-state index in [4.69, 9.17) is 23.2 Å². The molecular formula is C22H18Cl2N2O3S. The van der Waals surface area contributed by atoms with Crippen molar-refractivity contribution in [3.63, 3.8) is 0 Å². The number of halogens is 2. The van der Waals surface area contributed by atoms with Gasteiger partial charge in [0.15, 0.2) is 0 Å². The maximum atomic E-state index is 13.2. The molecule has 0 atom stereocenters. The molecule has 1 aliphatic heterocycles. The summed E-state index contributed by atoms with van der Waals surface area (Å²) in [5.41, 5.74) is 2.44. The van der Waals surface area contributed by atoms with E-state index in [1.54, 1.807) is 24.3 Å². The van der Waals surface area contributed by atoms with Crippen LogP contribution in [0.25, 0.3) is 0 Å². The summed E-state index contributed by atoms with van der Waals surface area (Å²) >= 11 is 12.0. The van der Waals surface area contributed by atoms with Crippen molar-refractivity contribution in [2.24, 2.45) is 0 Å². The van der Waals surface area contributed by atoms with Gasteiger partial charge >= 0.3 is 0 Å². The molecule has 0 spiro atoms. The van der Waals surface area contributed by atoms with Gasteiger partial charge in [-0.3, -0.25) is 9.10 Å². The van der Waals surface area contributed by atoms with Gasteiger partial charge in [0.1, 0.15) is 0 Å². The van der Waals surface area contributed by atoms with Gasteiger partial charge in [-0.1, -0.05) is 41.4 Å². The van der Waals surface area contributed by atoms with Crippen LogP contribution in [-0.4, -0.2) is 20.9 Å². The average molecular weight is 461 g/mol. The highest BCUT2D eigenvalue weighted by atomic mass is 35.5. The van der Waals surface area contributed by atoms with Crippen LogP contribution in [0, 0.1) is 0 Å². The zero-order valence-corrected chi connectivity index (χ0v) is 18.1. The fourth-order valence-corrected chi connectivity index (χ4v) is 5.37. The number of aryl methyl sites for hydroxylation is 1. The van der Waals surface area contributed by atoms with E-state index < -0.39 is 15.9 Å². The first-order valence-electron chi connectivity index (χ1n) is 9.33. The van der Waals surface area contributed by atoms with E-state index >= 15 is 0 Å². The van der Waals surface area contributed by atoms with Gasteiger partial charge in [0.2, 0.25) is 0 Å². The number of hydrogen-bond donors (Lipinski definition) is 1. The SMILES string of the molecule is O=C(Nc1ccc(S(=O)(=O)N2CCCc3ccccc32)cc1)c1cc(Cl)ccc1Cl. The third kappa shape index (κ3) is 4.03. The first-order valence-corrected chi connectivity index (χ1v) is 11.5. The Kier molecular flexibility index (Phi) is 5.73. The van der Waals surface area contributed by atoms with Crippen molar-refractivity contribution < 1.29 is 13.2 Å². The topological polar surface area (TPSA) is 66.5 Å². The Bertz CT molecular complexity index is 1210. The molecule has 0 saturated heterocycles. The van der Waals surface area contributed by atoms with Crippen LogP contribution < -0.4 is 9.62 Å². The summed E-state index contributed by atoms with van der Waals surface area (Å²) < 4.78 is 27.8. The van der Waals surface area contributed by atoms with Crippen molar-refractivity contribution in [2.45, 2.75) is 17.7 Å². The number of nitrogens with zero attached hydrogens (tertiary/aromatic N) is 1. The van der Waals surface area contributed by atoms with Crippen LogP contribution in [0.1, 0.15) is 22.3 Å². The lowest BCUT2D eigenvalue weighted by molar-refractivity contribution is 0.102. The number of carbonyl (C=O) groups is 1. The predicted octanol–water partition coefficient (Wildman–Crippen LogP) is 5.39. The number of anilines is 2. The highest BCUT2D eigenvalue weighted by Gasteiger charge is 2.28. The van der Waals surface area contributed by atoms with Gasteiger partial charge in [-0.2, -0.15) is 0 Å². The Balaban J connectivity index is 1.56. The third-order valence-corrected chi connectivity index (χ3v) is 7.33. The van der Waals surface area contributed by atoms with Gasteiger partial charge in [0.05, 0.1) is 21.2 Å². The van der Waals surface area contributed by atoms with Gasteiger partial charge in [0, 0.05) is 17.3 Å². The molecule has 3 aromatic carbocycles. The summed E-state index contributed by atoms with van der Waals surface area (Å²) in [4.78, 5) is 12.6. The zero-order valence-electron chi connectivity index (χ0n) is 15.8. The minimum absolute atomic E-state index is 0.165. The van der Waals surface area contributed by atoms with Crippen LogP contribution in [0.2, 0.25) is 10.0 Å². The Morgan fingerprint density at radius 2 is 1.70 bits per heavy atom. The summed E-state index contributed by atoms with van der Waals surface area (Å²) in [5, 5.41) is 3.38. The van der Waals surface area contributed by atoms with Crippen molar-refractivity contribution in [1.29, 1.82) is 0 Å². The van der Waals surface area contributed by atoms with E-state index in [-0.39, 0.29) is 15.5 Å². The highest BCUT2D eigenvalue weighted by molar-refractivity contribution is 7.92. The van der Waals surface area contributed by atoms with Crippen LogP contribution in [0.15, 0.2) is 71.6 Å². The molecule has 1 heterocycles. The van der Waals surface area contributed by atoms with Crippen molar-refractivity contribution >= 4 is 50.5 Å². The number of nitrogens with one attached hydrogen (secondary N) is 1. The molecule has 1 amide bonds. The fourth-order valence-electron chi connectivity index (χ4n) is 3.46. The largest absolute Gasteiger partial charge is 0.322 e. The van der Waals surface area contributed by atoms with Gasteiger partial charge in [-0.25, -0.2) is 8.42 Å². The minimum atomic E-state index is -3.70. The van der Waals surface area contributed by atoms with Crippen LogP contribution in [0.4, 0.5) is 11.4 Å². The first kappa shape index (κ1) is 20.7. The highest BCUT2D eigenvalue weighted by Crippen LogP contribution is 2.32. The lowest BCUT2D eigenvalue weighted by atomic mass is 10.0. The molecule has 1 aliphatic rings. The second-order valence-corrected chi connectivity index (χ2v) is 9.62. The van der Waals surface area contributed by atoms with Crippen LogP contribution in [0.5, 0.6) is 0 Å². The van der Waals surface area contributed by atoms with Gasteiger partial charge in [0.25, 0.3) is 15.9 Å². The van der Waals surface area contributed by atoms with Crippen molar-refractivity contribution in [3.8, 4) is 0 Å². The predicted molar refractivity (Wildman–Crippen MR) is 120 cm³/mol. The maximum Gasteiger partial charge on any atom is 0.264 e. The second-order valence-electron chi connectivity index (χ2n) is 6.91. The molecule has 0 saturated carbocycles. The molecule has 4 rings (SSSR count). The lowest BCUT2D eigenvalue weighted by Gasteiger charge is -2.30. The number of benzene rings is 3. The molecule has 0 bridgehead atoms. The smallest absolute Gasteiger partial charge is 0.264 e. The molecular weight excluding hydrogens is 443 g/mol. The average Bonchev–Trinajstić information content (AvgIpc) is 2.75. The molecule has 0 unspecified atom stereocenters. The standard InChI is InChI=1S/C22H18Cl2N2O3S/c23-16-7-12-20(24)19(14-16)22(27)25-17-8-10-18(11-9-17)30(28,29)26-13-3-5-15-4-1-2-6-21(15)26/h1-2,4,6-12,14H,3,5,13H2,(H,25,27). The maximum absolute atomic E-state index is 13.2. The number of hydrogen-bond acceptors (Lipinski definition) is 3. The Morgan fingerprint density at radius 1 is 0.967 bits per heavy atom. The summed E-state index contributed by atoms with van der Waals surface area (Å²) in [5.74, 6) is -0.428. The Morgan fingerprint density at radius 3 is 2.47 bits per heavy atom. The molecule has 5 nitrogen and oxygen atoms in total. The molecule has 0 aromatic heterocycles. The molecule has 0 fully saturated rings. The van der Waals surface area contributed by atoms with E-state index in [0.29, 0.717) is 17.3 Å². The van der Waals surface area contributed by atoms with Gasteiger partial charge in [-0.05, 0) is 66.9 Å². The molecule has 8 heteroatoms. The quantitative estimate of drug-likeness (QED) is 0.567. The molecule has 30 heavy (non-hydrogen) atoms. The summed E-state index contributed by atoms with van der Waals surface area (Å²) in [6.45, 7) is 0.436. The van der Waals surface area contributed by atoms with E-state index in [1.165, 1.54) is 22.5 Å². The molecule has 3 aromatic rings. The van der Waals surface area contributed by atoms with Crippen LogP contribution in [-0.2, 0) is 16.4 Å². The third-order valence-electron chi connectivity index (χ3n) is 4.94. The van der Waals surface area contributed by atoms with Crippen LogP contribution in [0.3, 0.4) is 0 Å². The Hall–Kier alpha value is -2.54. The van der Waals surface area contributed by atoms with Gasteiger partial charge < -0.3 is 5.32 Å². The van der Waals surface area contributed by atoms with E-state index in [2.05, 4.69) is 5.32 Å². The monoisotopic (exact) mass is 460 g/mol. The number of carbonyl (C=O) groups excluding carboxylic acids is 1. The van der Waals surface area contributed by atoms with E-state index in [1.807, 2.05) is 24.3 Å². The number of rotatable bonds is 4.